The van der Waals surface area contributed by atoms with E-state index in [0.29, 0.717) is 17.3 Å². The van der Waals surface area contributed by atoms with Gasteiger partial charge in [0.1, 0.15) is 5.76 Å². The number of benzene rings is 1. The number of methoxy groups -OCH3 is 1. The first kappa shape index (κ1) is 16.9. The lowest BCUT2D eigenvalue weighted by molar-refractivity contribution is -0.129. The topological polar surface area (TPSA) is 47.6 Å². The van der Waals surface area contributed by atoms with Gasteiger partial charge in [0.05, 0.1) is 12.5 Å². The molecule has 1 aromatic carbocycles. The molecule has 1 N–H and O–H groups in total. The van der Waals surface area contributed by atoms with Gasteiger partial charge in [-0.3, -0.25) is 4.79 Å². The van der Waals surface area contributed by atoms with Crippen LogP contribution < -0.4 is 14.8 Å². The molecule has 1 amide bonds. The number of rotatable bonds is 5. The quantitative estimate of drug-likeness (QED) is 0.904. The molecule has 0 fully saturated rings. The van der Waals surface area contributed by atoms with Gasteiger partial charge in [0.25, 0.3) is 0 Å². The van der Waals surface area contributed by atoms with Crippen molar-refractivity contribution in [2.24, 2.45) is 5.41 Å². The van der Waals surface area contributed by atoms with Gasteiger partial charge in [-0.15, -0.1) is 0 Å². The molecule has 1 aromatic rings. The third-order valence-corrected chi connectivity index (χ3v) is 4.29. The smallest absolute Gasteiger partial charge is 0.226 e. The molecule has 23 heavy (non-hydrogen) atoms. The third kappa shape index (κ3) is 2.65. The minimum atomic E-state index is -0.697. The van der Waals surface area contributed by atoms with E-state index in [1.54, 1.807) is 26.3 Å². The van der Waals surface area contributed by atoms with E-state index < -0.39 is 5.41 Å². The molecule has 0 radical (unpaired) electrons. The van der Waals surface area contributed by atoms with Crippen LogP contribution in [0, 0.1) is 5.41 Å². The van der Waals surface area contributed by atoms with Gasteiger partial charge in [-0.05, 0) is 12.1 Å². The van der Waals surface area contributed by atoms with Crippen LogP contribution in [0.5, 0.6) is 11.5 Å². The molecule has 1 aliphatic rings. The number of carbonyl (C=O) groups excluding carboxylic acids is 1. The van der Waals surface area contributed by atoms with Crippen LogP contribution in [0.25, 0.3) is 0 Å². The summed E-state index contributed by atoms with van der Waals surface area (Å²) in [6.45, 7) is 11.5. The van der Waals surface area contributed by atoms with Crippen molar-refractivity contribution in [3.05, 3.63) is 60.4 Å². The maximum Gasteiger partial charge on any atom is 0.226 e. The van der Waals surface area contributed by atoms with Crippen molar-refractivity contribution in [3.8, 4) is 11.5 Å². The molecule has 1 unspecified atom stereocenters. The molecule has 2 rings (SSSR count). The van der Waals surface area contributed by atoms with Crippen LogP contribution in [0.1, 0.15) is 25.3 Å². The first-order chi connectivity index (χ1) is 10.9. The second-order valence-electron chi connectivity index (χ2n) is 5.94. The van der Waals surface area contributed by atoms with Crippen molar-refractivity contribution < 1.29 is 14.3 Å². The van der Waals surface area contributed by atoms with Crippen molar-refractivity contribution in [2.75, 3.05) is 14.2 Å². The van der Waals surface area contributed by atoms with Gasteiger partial charge >= 0.3 is 0 Å². The Morgan fingerprint density at radius 2 is 2.04 bits per heavy atom. The Kier molecular flexibility index (Phi) is 4.64. The Hall–Kier alpha value is -2.49. The highest BCUT2D eigenvalue weighted by Gasteiger charge is 2.43. The molecule has 0 saturated carbocycles. The Balaban J connectivity index is 2.76. The summed E-state index contributed by atoms with van der Waals surface area (Å²) in [5.74, 6) is 1.58. The first-order valence-electron chi connectivity index (χ1n) is 7.48. The molecule has 0 aliphatic carbocycles. The van der Waals surface area contributed by atoms with Crippen molar-refractivity contribution >= 4 is 5.91 Å². The lowest BCUT2D eigenvalue weighted by Crippen LogP contribution is -2.41. The fourth-order valence-electron chi connectivity index (χ4n) is 3.12. The number of hydrogen-bond donors (Lipinski definition) is 1. The predicted octanol–water partition coefficient (Wildman–Crippen LogP) is 3.57. The second-order valence-corrected chi connectivity index (χ2v) is 5.94. The standard InChI is InChI=1S/C19H23NO3/c1-7-12-14(8-2)23-17-13(10-9-11-15(17)22-6)16(12)19(3,4)18(21)20-5/h7-11,16H,1-2H2,3-6H3,(H,20,21). The molecule has 122 valence electrons. The van der Waals surface area contributed by atoms with Crippen LogP contribution in [-0.4, -0.2) is 20.1 Å². The second kappa shape index (κ2) is 6.32. The summed E-state index contributed by atoms with van der Waals surface area (Å²) in [6, 6.07) is 5.69. The Labute approximate surface area is 137 Å². The van der Waals surface area contributed by atoms with Gasteiger partial charge in [0, 0.05) is 24.1 Å². The molecule has 1 aliphatic heterocycles. The summed E-state index contributed by atoms with van der Waals surface area (Å²) in [6.07, 6.45) is 3.37. The molecule has 0 spiro atoms. The summed E-state index contributed by atoms with van der Waals surface area (Å²) in [7, 11) is 3.24. The predicted molar refractivity (Wildman–Crippen MR) is 91.6 cm³/mol. The third-order valence-electron chi connectivity index (χ3n) is 4.29. The average Bonchev–Trinajstić information content (AvgIpc) is 2.57. The number of ether oxygens (including phenoxy) is 2. The fraction of sp³-hybridized carbons (Fsp3) is 0.316. The zero-order valence-electron chi connectivity index (χ0n) is 14.1. The van der Waals surface area contributed by atoms with Gasteiger partial charge < -0.3 is 14.8 Å². The Morgan fingerprint density at radius 1 is 1.35 bits per heavy atom. The highest BCUT2D eigenvalue weighted by molar-refractivity contribution is 5.84. The van der Waals surface area contributed by atoms with Crippen molar-refractivity contribution in [1.82, 2.24) is 5.32 Å². The highest BCUT2D eigenvalue weighted by atomic mass is 16.5. The number of fused-ring (bicyclic) bond motifs is 1. The van der Waals surface area contributed by atoms with Crippen LogP contribution in [0.3, 0.4) is 0 Å². The van der Waals surface area contributed by atoms with E-state index in [2.05, 4.69) is 18.5 Å². The molecule has 4 heteroatoms. The normalized spacial score (nSPS) is 17.0. The van der Waals surface area contributed by atoms with E-state index in [0.717, 1.165) is 11.1 Å². The zero-order valence-corrected chi connectivity index (χ0v) is 14.1. The van der Waals surface area contributed by atoms with Crippen LogP contribution in [0.2, 0.25) is 0 Å². The monoisotopic (exact) mass is 313 g/mol. The van der Waals surface area contributed by atoms with Crippen LogP contribution in [0.15, 0.2) is 54.8 Å². The summed E-state index contributed by atoms with van der Waals surface area (Å²) in [5.41, 5.74) is 1.05. The van der Waals surface area contributed by atoms with Gasteiger partial charge in [0.2, 0.25) is 5.91 Å². The van der Waals surface area contributed by atoms with E-state index in [4.69, 9.17) is 9.47 Å². The molecular formula is C19H23NO3. The molecule has 0 aromatic heterocycles. The van der Waals surface area contributed by atoms with Gasteiger partial charge in [0.15, 0.2) is 11.5 Å². The molecular weight excluding hydrogens is 290 g/mol. The maximum absolute atomic E-state index is 12.5. The minimum Gasteiger partial charge on any atom is -0.493 e. The minimum absolute atomic E-state index is 0.0547. The highest BCUT2D eigenvalue weighted by Crippen LogP contribution is 2.51. The largest absolute Gasteiger partial charge is 0.493 e. The summed E-state index contributed by atoms with van der Waals surface area (Å²) in [4.78, 5) is 12.5. The molecule has 1 atom stereocenters. The van der Waals surface area contributed by atoms with Crippen molar-refractivity contribution in [3.63, 3.8) is 0 Å². The van der Waals surface area contributed by atoms with Gasteiger partial charge in [-0.2, -0.15) is 0 Å². The summed E-state index contributed by atoms with van der Waals surface area (Å²) in [5, 5.41) is 2.75. The SMILES string of the molecule is C=CC1=C(C=C)C(C(C)(C)C(=O)NC)c2cccc(OC)c2O1. The van der Waals surface area contributed by atoms with E-state index >= 15 is 0 Å². The Bertz CT molecular complexity index is 686. The summed E-state index contributed by atoms with van der Waals surface area (Å²) >= 11 is 0. The molecule has 0 saturated heterocycles. The van der Waals surface area contributed by atoms with Crippen molar-refractivity contribution in [2.45, 2.75) is 19.8 Å². The fourth-order valence-corrected chi connectivity index (χ4v) is 3.12. The van der Waals surface area contributed by atoms with E-state index in [1.807, 2.05) is 32.0 Å². The molecule has 0 bridgehead atoms. The van der Waals surface area contributed by atoms with E-state index in [1.165, 1.54) is 0 Å². The van der Waals surface area contributed by atoms with Crippen molar-refractivity contribution in [1.29, 1.82) is 0 Å². The number of para-hydroxylation sites is 1. The summed E-state index contributed by atoms with van der Waals surface area (Å²) < 4.78 is 11.4. The average molecular weight is 313 g/mol. The number of allylic oxidation sites excluding steroid dienone is 3. The zero-order chi connectivity index (χ0) is 17.2. The van der Waals surface area contributed by atoms with Gasteiger partial charge in [-0.25, -0.2) is 0 Å². The van der Waals surface area contributed by atoms with Crippen LogP contribution >= 0.6 is 0 Å². The number of nitrogens with one attached hydrogen (secondary N) is 1. The lowest BCUT2D eigenvalue weighted by Gasteiger charge is -2.38. The molecule has 4 nitrogen and oxygen atoms in total. The van der Waals surface area contributed by atoms with Gasteiger partial charge in [-0.1, -0.05) is 45.2 Å². The first-order valence-corrected chi connectivity index (χ1v) is 7.48. The Morgan fingerprint density at radius 3 is 2.57 bits per heavy atom. The van der Waals surface area contributed by atoms with E-state index in [9.17, 15) is 4.79 Å². The van der Waals surface area contributed by atoms with Crippen LogP contribution in [-0.2, 0) is 4.79 Å². The van der Waals surface area contributed by atoms with E-state index in [-0.39, 0.29) is 11.8 Å². The number of carbonyl (C=O) groups is 1. The molecule has 1 heterocycles. The lowest BCUT2D eigenvalue weighted by atomic mass is 9.69. The van der Waals surface area contributed by atoms with Crippen LogP contribution in [0.4, 0.5) is 0 Å². The maximum atomic E-state index is 12.5. The number of amides is 1. The number of hydrogen-bond acceptors (Lipinski definition) is 3.